The van der Waals surface area contributed by atoms with Gasteiger partial charge in [0.25, 0.3) is 0 Å². The van der Waals surface area contributed by atoms with Crippen LogP contribution in [0.25, 0.3) is 10.9 Å². The zero-order valence-electron chi connectivity index (χ0n) is 19.4. The number of carbonyl (C=O) groups excluding carboxylic acids is 3. The molecule has 3 amide bonds. The highest BCUT2D eigenvalue weighted by Gasteiger charge is 2.27. The van der Waals surface area contributed by atoms with E-state index in [1.54, 1.807) is 4.90 Å². The van der Waals surface area contributed by atoms with Gasteiger partial charge in [-0.3, -0.25) is 14.4 Å². The summed E-state index contributed by atoms with van der Waals surface area (Å²) in [5.41, 5.74) is 2.80. The Balaban J connectivity index is 1.45. The number of aromatic amines is 1. The summed E-state index contributed by atoms with van der Waals surface area (Å²) in [4.78, 5) is 43.5. The topological polar surface area (TPSA) is 94.3 Å². The molecule has 0 spiro atoms. The second-order valence-corrected chi connectivity index (χ2v) is 8.79. The van der Waals surface area contributed by atoms with E-state index in [0.717, 1.165) is 47.7 Å². The lowest BCUT2D eigenvalue weighted by Gasteiger charge is -2.32. The van der Waals surface area contributed by atoms with Crippen LogP contribution in [0.4, 0.5) is 0 Å². The molecular formula is C27H32N4O3. The van der Waals surface area contributed by atoms with Gasteiger partial charge >= 0.3 is 0 Å². The van der Waals surface area contributed by atoms with Crippen LogP contribution in [0.3, 0.4) is 0 Å². The Kier molecular flexibility index (Phi) is 7.96. The van der Waals surface area contributed by atoms with Crippen molar-refractivity contribution in [2.45, 2.75) is 44.6 Å². The molecule has 1 unspecified atom stereocenters. The number of benzene rings is 2. The van der Waals surface area contributed by atoms with Gasteiger partial charge in [-0.15, -0.1) is 0 Å². The third-order valence-corrected chi connectivity index (χ3v) is 6.37. The molecule has 1 fully saturated rings. The van der Waals surface area contributed by atoms with Gasteiger partial charge in [0.15, 0.2) is 0 Å². The van der Waals surface area contributed by atoms with Gasteiger partial charge in [-0.2, -0.15) is 0 Å². The molecule has 2 heterocycles. The molecule has 1 atom stereocenters. The van der Waals surface area contributed by atoms with Crippen molar-refractivity contribution in [3.63, 3.8) is 0 Å². The minimum Gasteiger partial charge on any atom is -0.361 e. The van der Waals surface area contributed by atoms with E-state index in [-0.39, 0.29) is 43.1 Å². The van der Waals surface area contributed by atoms with E-state index < -0.39 is 0 Å². The van der Waals surface area contributed by atoms with Gasteiger partial charge in [0.05, 0.1) is 25.4 Å². The van der Waals surface area contributed by atoms with E-state index in [0.29, 0.717) is 13.1 Å². The first kappa shape index (κ1) is 23.5. The number of H-pyrrole nitrogens is 1. The number of nitrogens with zero attached hydrogens (tertiary/aromatic N) is 1. The molecule has 34 heavy (non-hydrogen) atoms. The SMILES string of the molecule is O=C(Cc1c[nH]c2ccccc12)NCC(=O)N1CCCCCCNC(=O)CC1c1ccccc1. The minimum absolute atomic E-state index is 0.0584. The summed E-state index contributed by atoms with van der Waals surface area (Å²) in [5, 5.41) is 6.78. The number of fused-ring (bicyclic) bond motifs is 1. The normalized spacial score (nSPS) is 17.6. The molecule has 0 saturated carbocycles. The maximum absolute atomic E-state index is 13.3. The van der Waals surface area contributed by atoms with Gasteiger partial charge in [0, 0.05) is 30.2 Å². The van der Waals surface area contributed by atoms with Crippen molar-refractivity contribution < 1.29 is 14.4 Å². The Morgan fingerprint density at radius 2 is 1.74 bits per heavy atom. The highest BCUT2D eigenvalue weighted by Crippen LogP contribution is 2.26. The van der Waals surface area contributed by atoms with Gasteiger partial charge in [-0.05, 0) is 30.0 Å². The summed E-state index contributed by atoms with van der Waals surface area (Å²) in [5.74, 6) is -0.435. The number of hydrogen-bond acceptors (Lipinski definition) is 3. The van der Waals surface area contributed by atoms with Crippen LogP contribution < -0.4 is 10.6 Å². The van der Waals surface area contributed by atoms with E-state index in [9.17, 15) is 14.4 Å². The highest BCUT2D eigenvalue weighted by atomic mass is 16.2. The van der Waals surface area contributed by atoms with Crippen molar-refractivity contribution in [1.82, 2.24) is 20.5 Å². The lowest BCUT2D eigenvalue weighted by atomic mass is 10.0. The zero-order valence-corrected chi connectivity index (χ0v) is 19.4. The number of amides is 3. The molecule has 7 heteroatoms. The number of rotatable bonds is 5. The molecule has 4 rings (SSSR count). The lowest BCUT2D eigenvalue weighted by Crippen LogP contribution is -2.44. The van der Waals surface area contributed by atoms with E-state index in [1.807, 2.05) is 60.8 Å². The summed E-state index contributed by atoms with van der Waals surface area (Å²) < 4.78 is 0. The van der Waals surface area contributed by atoms with Crippen molar-refractivity contribution >= 4 is 28.6 Å². The molecule has 7 nitrogen and oxygen atoms in total. The van der Waals surface area contributed by atoms with Gasteiger partial charge < -0.3 is 20.5 Å². The molecule has 1 aromatic heterocycles. The van der Waals surface area contributed by atoms with Crippen LogP contribution in [0.5, 0.6) is 0 Å². The molecular weight excluding hydrogens is 428 g/mol. The monoisotopic (exact) mass is 460 g/mol. The summed E-state index contributed by atoms with van der Waals surface area (Å²) in [6, 6.07) is 17.1. The number of hydrogen-bond donors (Lipinski definition) is 3. The Morgan fingerprint density at radius 3 is 2.59 bits per heavy atom. The average Bonchev–Trinajstić information content (AvgIpc) is 3.24. The van der Waals surface area contributed by atoms with Gasteiger partial charge in [0.1, 0.15) is 0 Å². The highest BCUT2D eigenvalue weighted by molar-refractivity contribution is 5.91. The summed E-state index contributed by atoms with van der Waals surface area (Å²) in [6.45, 7) is 1.13. The molecule has 2 aromatic carbocycles. The van der Waals surface area contributed by atoms with Crippen LogP contribution in [-0.4, -0.2) is 47.2 Å². The van der Waals surface area contributed by atoms with E-state index in [1.165, 1.54) is 0 Å². The van der Waals surface area contributed by atoms with Crippen molar-refractivity contribution in [3.8, 4) is 0 Å². The standard InChI is InChI=1S/C27H32N4O3/c32-25(16-21-18-29-23-13-7-6-12-22(21)23)30-19-27(34)31-15-9-2-1-8-14-28-26(33)17-24(31)20-10-4-3-5-11-20/h3-7,10-13,18,24,29H,1-2,8-9,14-17,19H2,(H,28,33)(H,30,32). The predicted molar refractivity (Wildman–Crippen MR) is 132 cm³/mol. The van der Waals surface area contributed by atoms with E-state index >= 15 is 0 Å². The summed E-state index contributed by atoms with van der Waals surface area (Å²) in [7, 11) is 0. The van der Waals surface area contributed by atoms with Crippen LogP contribution in [0.2, 0.25) is 0 Å². The Hall–Kier alpha value is -3.61. The van der Waals surface area contributed by atoms with Crippen molar-refractivity contribution in [3.05, 3.63) is 71.9 Å². The first-order valence-electron chi connectivity index (χ1n) is 12.0. The molecule has 178 valence electrons. The first-order chi connectivity index (χ1) is 16.6. The number of carbonyl (C=O) groups is 3. The molecule has 0 radical (unpaired) electrons. The second-order valence-electron chi connectivity index (χ2n) is 8.79. The second kappa shape index (κ2) is 11.5. The third kappa shape index (κ3) is 6.04. The van der Waals surface area contributed by atoms with E-state index in [4.69, 9.17) is 0 Å². The van der Waals surface area contributed by atoms with Gasteiger partial charge in [-0.1, -0.05) is 61.4 Å². The summed E-state index contributed by atoms with van der Waals surface area (Å²) >= 11 is 0. The largest absolute Gasteiger partial charge is 0.361 e. The lowest BCUT2D eigenvalue weighted by molar-refractivity contribution is -0.136. The Bertz CT molecular complexity index is 1130. The third-order valence-electron chi connectivity index (χ3n) is 6.37. The number of para-hydroxylation sites is 1. The smallest absolute Gasteiger partial charge is 0.242 e. The Morgan fingerprint density at radius 1 is 0.971 bits per heavy atom. The maximum Gasteiger partial charge on any atom is 0.242 e. The molecule has 3 aromatic rings. The quantitative estimate of drug-likeness (QED) is 0.544. The first-order valence-corrected chi connectivity index (χ1v) is 12.0. The van der Waals surface area contributed by atoms with E-state index in [2.05, 4.69) is 15.6 Å². The average molecular weight is 461 g/mol. The summed E-state index contributed by atoms with van der Waals surface area (Å²) in [6.07, 6.45) is 6.06. The predicted octanol–water partition coefficient (Wildman–Crippen LogP) is 3.48. The van der Waals surface area contributed by atoms with Gasteiger partial charge in [0.2, 0.25) is 17.7 Å². The van der Waals surface area contributed by atoms with Crippen LogP contribution in [0.1, 0.15) is 49.3 Å². The van der Waals surface area contributed by atoms with Crippen molar-refractivity contribution in [2.75, 3.05) is 19.6 Å². The fourth-order valence-electron chi connectivity index (χ4n) is 4.56. The van der Waals surface area contributed by atoms with Crippen molar-refractivity contribution in [1.29, 1.82) is 0 Å². The molecule has 1 saturated heterocycles. The molecule has 1 aliphatic heterocycles. The molecule has 1 aliphatic rings. The van der Waals surface area contributed by atoms with Gasteiger partial charge in [-0.25, -0.2) is 0 Å². The minimum atomic E-state index is -0.364. The molecule has 3 N–H and O–H groups in total. The molecule has 0 bridgehead atoms. The fraction of sp³-hybridized carbons (Fsp3) is 0.370. The van der Waals surface area contributed by atoms with Crippen molar-refractivity contribution in [2.24, 2.45) is 0 Å². The fourth-order valence-corrected chi connectivity index (χ4v) is 4.56. The maximum atomic E-state index is 13.3. The van der Waals surface area contributed by atoms with Crippen LogP contribution >= 0.6 is 0 Å². The molecule has 0 aliphatic carbocycles. The van der Waals surface area contributed by atoms with Crippen LogP contribution in [0.15, 0.2) is 60.8 Å². The van der Waals surface area contributed by atoms with Crippen LogP contribution in [-0.2, 0) is 20.8 Å². The number of aromatic nitrogens is 1. The zero-order chi connectivity index (χ0) is 23.8. The number of nitrogens with one attached hydrogen (secondary N) is 3. The Labute approximate surface area is 199 Å². The van der Waals surface area contributed by atoms with Crippen LogP contribution in [0, 0.1) is 0 Å².